The number of carbonyl (C=O) groups is 4. The van der Waals surface area contributed by atoms with Crippen molar-refractivity contribution >= 4 is 23.8 Å². The average Bonchev–Trinajstić information content (AvgIpc) is 3.44. The van der Waals surface area contributed by atoms with Crippen molar-refractivity contribution in [2.45, 2.75) is 89.6 Å². The van der Waals surface area contributed by atoms with Gasteiger partial charge in [-0.2, -0.15) is 0 Å². The summed E-state index contributed by atoms with van der Waals surface area (Å²) in [6, 6.07) is 7.76. The molecule has 0 radical (unpaired) electrons. The van der Waals surface area contributed by atoms with Gasteiger partial charge < -0.3 is 25.0 Å². The molecule has 1 heterocycles. The van der Waals surface area contributed by atoms with E-state index in [0.717, 1.165) is 24.8 Å². The Morgan fingerprint density at radius 1 is 1.11 bits per heavy atom. The molecular weight excluding hydrogens is 468 g/mol. The van der Waals surface area contributed by atoms with Crippen LogP contribution < -0.4 is 5.32 Å². The van der Waals surface area contributed by atoms with Crippen LogP contribution in [0, 0.1) is 5.92 Å². The molecule has 10 nitrogen and oxygen atoms in total. The fourth-order valence-corrected chi connectivity index (χ4v) is 4.89. The van der Waals surface area contributed by atoms with E-state index in [1.165, 1.54) is 6.92 Å². The van der Waals surface area contributed by atoms with Crippen molar-refractivity contribution in [3.8, 4) is 0 Å². The molecule has 4 N–H and O–H groups in total. The lowest BCUT2D eigenvalue weighted by Crippen LogP contribution is -2.55. The Morgan fingerprint density at radius 3 is 2.31 bits per heavy atom. The summed E-state index contributed by atoms with van der Waals surface area (Å²) in [5, 5.41) is 28.5. The third-order valence-electron chi connectivity index (χ3n) is 6.69. The number of ether oxygens (including phenoxy) is 1. The van der Waals surface area contributed by atoms with Crippen LogP contribution in [0.4, 0.5) is 0 Å². The fourth-order valence-electron chi connectivity index (χ4n) is 4.89. The highest BCUT2D eigenvalue weighted by Crippen LogP contribution is 2.41. The lowest BCUT2D eigenvalue weighted by molar-refractivity contribution is -0.151. The average molecular weight is 507 g/mol. The van der Waals surface area contributed by atoms with Crippen LogP contribution in [-0.2, 0) is 30.3 Å². The lowest BCUT2D eigenvalue weighted by Gasteiger charge is -2.31. The van der Waals surface area contributed by atoms with Crippen molar-refractivity contribution in [2.24, 2.45) is 5.92 Å². The van der Waals surface area contributed by atoms with E-state index in [2.05, 4.69) is 5.32 Å². The van der Waals surface area contributed by atoms with Crippen molar-refractivity contribution in [3.05, 3.63) is 35.9 Å². The summed E-state index contributed by atoms with van der Waals surface area (Å²) >= 11 is 0. The molecule has 2 aliphatic rings. The summed E-state index contributed by atoms with van der Waals surface area (Å²) in [5.74, 6) is -2.50. The highest BCUT2D eigenvalue weighted by Gasteiger charge is 2.49. The number of benzene rings is 1. The third-order valence-corrected chi connectivity index (χ3v) is 6.69. The summed E-state index contributed by atoms with van der Waals surface area (Å²) in [5.41, 5.74) is 1.10. The number of carboxylic acids is 2. The SMILES string of the molecule is CC(O)C(=O)O.CCOC(=O)[C@H](CCc1ccccc1)N[C@@H](C)C(=O)N1[C@H](C(=O)O)C[C@@H]2CCC[C@@H]21. The number of aliphatic hydroxyl groups excluding tert-OH is 1. The Balaban J connectivity index is 0.000000678. The van der Waals surface area contributed by atoms with Crippen LogP contribution in [0.25, 0.3) is 0 Å². The molecule has 200 valence electrons. The maximum atomic E-state index is 13.2. The van der Waals surface area contributed by atoms with E-state index in [4.69, 9.17) is 14.9 Å². The molecule has 0 aromatic heterocycles. The topological polar surface area (TPSA) is 153 Å². The Labute approximate surface area is 211 Å². The molecule has 1 saturated carbocycles. The number of aryl methyl sites for hydroxylation is 1. The molecule has 10 heteroatoms. The first-order valence-corrected chi connectivity index (χ1v) is 12.5. The van der Waals surface area contributed by atoms with Crippen LogP contribution in [0.3, 0.4) is 0 Å². The third kappa shape index (κ3) is 8.03. The number of rotatable bonds is 10. The number of likely N-dealkylation sites (tertiary alicyclic amines) is 1. The minimum atomic E-state index is -1.23. The number of aliphatic carboxylic acids is 2. The summed E-state index contributed by atoms with van der Waals surface area (Å²) in [6.07, 6.45) is 3.30. The fraction of sp³-hybridized carbons (Fsp3) is 0.615. The zero-order valence-electron chi connectivity index (χ0n) is 21.1. The van der Waals surface area contributed by atoms with Gasteiger partial charge in [-0.15, -0.1) is 0 Å². The molecule has 0 spiro atoms. The highest BCUT2D eigenvalue weighted by molar-refractivity contribution is 5.88. The molecule has 36 heavy (non-hydrogen) atoms. The van der Waals surface area contributed by atoms with Gasteiger partial charge in [-0.05, 0) is 64.4 Å². The van der Waals surface area contributed by atoms with Crippen molar-refractivity contribution in [1.29, 1.82) is 0 Å². The van der Waals surface area contributed by atoms with Crippen LogP contribution in [0.2, 0.25) is 0 Å². The number of hydrogen-bond donors (Lipinski definition) is 4. The predicted octanol–water partition coefficient (Wildman–Crippen LogP) is 1.84. The molecule has 1 aromatic rings. The van der Waals surface area contributed by atoms with Crippen LogP contribution in [-0.4, -0.2) is 80.9 Å². The van der Waals surface area contributed by atoms with Gasteiger partial charge in [0.25, 0.3) is 0 Å². The molecule has 6 atom stereocenters. The number of nitrogens with one attached hydrogen (secondary N) is 1. The van der Waals surface area contributed by atoms with Crippen LogP contribution in [0.5, 0.6) is 0 Å². The van der Waals surface area contributed by atoms with Crippen LogP contribution >= 0.6 is 0 Å². The van der Waals surface area contributed by atoms with E-state index >= 15 is 0 Å². The predicted molar refractivity (Wildman–Crippen MR) is 131 cm³/mol. The summed E-state index contributed by atoms with van der Waals surface area (Å²) < 4.78 is 5.21. The molecule has 2 fully saturated rings. The van der Waals surface area contributed by atoms with Gasteiger partial charge in [0.05, 0.1) is 12.6 Å². The lowest BCUT2D eigenvalue weighted by atomic mass is 10.0. The molecule has 1 aliphatic carbocycles. The molecule has 1 amide bonds. The minimum absolute atomic E-state index is 0.00629. The molecule has 1 unspecified atom stereocenters. The molecule has 1 aromatic carbocycles. The van der Waals surface area contributed by atoms with E-state index in [-0.39, 0.29) is 30.4 Å². The van der Waals surface area contributed by atoms with Crippen molar-refractivity contribution in [3.63, 3.8) is 0 Å². The normalized spacial score (nSPS) is 23.0. The van der Waals surface area contributed by atoms with E-state index in [0.29, 0.717) is 19.3 Å². The second-order valence-electron chi connectivity index (χ2n) is 9.33. The number of nitrogens with zero attached hydrogens (tertiary/aromatic N) is 1. The summed E-state index contributed by atoms with van der Waals surface area (Å²) in [4.78, 5) is 48.5. The van der Waals surface area contributed by atoms with E-state index in [1.54, 1.807) is 18.7 Å². The zero-order chi connectivity index (χ0) is 26.8. The van der Waals surface area contributed by atoms with Gasteiger partial charge in [0.1, 0.15) is 18.2 Å². The molecule has 3 rings (SSSR count). The number of hydrogen-bond acceptors (Lipinski definition) is 7. The van der Waals surface area contributed by atoms with Crippen molar-refractivity contribution in [1.82, 2.24) is 10.2 Å². The summed E-state index contributed by atoms with van der Waals surface area (Å²) in [6.45, 7) is 4.92. The summed E-state index contributed by atoms with van der Waals surface area (Å²) in [7, 11) is 0. The van der Waals surface area contributed by atoms with Gasteiger partial charge in [-0.1, -0.05) is 36.8 Å². The van der Waals surface area contributed by atoms with E-state index in [9.17, 15) is 24.3 Å². The van der Waals surface area contributed by atoms with Crippen LogP contribution in [0.15, 0.2) is 30.3 Å². The maximum absolute atomic E-state index is 13.2. The van der Waals surface area contributed by atoms with E-state index < -0.39 is 36.2 Å². The van der Waals surface area contributed by atoms with Gasteiger partial charge in [0.15, 0.2) is 0 Å². The standard InChI is InChI=1S/C23H32N2O5.C3H6O3/c1-3-30-23(29)18(13-12-16-8-5-4-6-9-16)24-15(2)21(26)25-19-11-7-10-17(19)14-20(25)22(27)28;1-2(4)3(5)6/h4-6,8-9,15,17-20,24H,3,7,10-14H2,1-2H3,(H,27,28);2,4H,1H3,(H,5,6)/t15-,17-,18-,19-,20-;/m0./s1. The van der Waals surface area contributed by atoms with Gasteiger partial charge in [0.2, 0.25) is 5.91 Å². The largest absolute Gasteiger partial charge is 0.480 e. The smallest absolute Gasteiger partial charge is 0.332 e. The first kappa shape index (κ1) is 29.3. The van der Waals surface area contributed by atoms with Crippen molar-refractivity contribution in [2.75, 3.05) is 6.61 Å². The second kappa shape index (κ2) is 13.9. The second-order valence-corrected chi connectivity index (χ2v) is 9.33. The maximum Gasteiger partial charge on any atom is 0.332 e. The van der Waals surface area contributed by atoms with Crippen LogP contribution in [0.1, 0.15) is 58.4 Å². The van der Waals surface area contributed by atoms with Crippen molar-refractivity contribution < 1.29 is 39.2 Å². The number of amides is 1. The van der Waals surface area contributed by atoms with Gasteiger partial charge in [-0.25, -0.2) is 9.59 Å². The van der Waals surface area contributed by atoms with Gasteiger partial charge >= 0.3 is 17.9 Å². The zero-order valence-corrected chi connectivity index (χ0v) is 21.1. The minimum Gasteiger partial charge on any atom is -0.480 e. The Hall–Kier alpha value is -2.98. The molecule has 0 bridgehead atoms. The first-order chi connectivity index (χ1) is 17.1. The van der Waals surface area contributed by atoms with Gasteiger partial charge in [-0.3, -0.25) is 14.9 Å². The monoisotopic (exact) mass is 506 g/mol. The first-order valence-electron chi connectivity index (χ1n) is 12.5. The number of aliphatic hydroxyl groups is 1. The number of esters is 1. The number of carboxylic acid groups (broad SMARTS) is 2. The molecular formula is C26H38N2O8. The van der Waals surface area contributed by atoms with Gasteiger partial charge in [0, 0.05) is 6.04 Å². The number of fused-ring (bicyclic) bond motifs is 1. The molecule has 1 aliphatic heterocycles. The Bertz CT molecular complexity index is 891. The Morgan fingerprint density at radius 2 is 1.75 bits per heavy atom. The highest BCUT2D eigenvalue weighted by atomic mass is 16.5. The quantitative estimate of drug-likeness (QED) is 0.348. The Kier molecular flexibility index (Phi) is 11.3. The molecule has 1 saturated heterocycles. The van der Waals surface area contributed by atoms with E-state index in [1.807, 2.05) is 30.3 Å². The number of carbonyl (C=O) groups excluding carboxylic acids is 2.